The summed E-state index contributed by atoms with van der Waals surface area (Å²) in [6.07, 6.45) is 0.248. The van der Waals surface area contributed by atoms with Crippen molar-refractivity contribution >= 4 is 24.0 Å². The first-order valence-electron chi connectivity index (χ1n) is 10.8. The molecule has 0 radical (unpaired) electrons. The monoisotopic (exact) mass is 483 g/mol. The number of likely N-dealkylation sites (N-methyl/N-ethyl adjacent to an activating group) is 1. The van der Waals surface area contributed by atoms with E-state index in [2.05, 4.69) is 15.5 Å². The van der Waals surface area contributed by atoms with Gasteiger partial charge in [0.25, 0.3) is 5.91 Å². The number of carbonyl (C=O) groups excluding carboxylic acids is 2. The summed E-state index contributed by atoms with van der Waals surface area (Å²) in [4.78, 5) is 25.7. The summed E-state index contributed by atoms with van der Waals surface area (Å²) in [6, 6.07) is 13.3. The predicted octanol–water partition coefficient (Wildman–Crippen LogP) is 3.10. The first-order valence-corrected chi connectivity index (χ1v) is 11.2. The van der Waals surface area contributed by atoms with Gasteiger partial charge in [-0.25, -0.2) is 0 Å². The summed E-state index contributed by atoms with van der Waals surface area (Å²) in [6.45, 7) is 2.67. The molecular formula is C24H29N5O4S. The zero-order valence-electron chi connectivity index (χ0n) is 19.8. The summed E-state index contributed by atoms with van der Waals surface area (Å²) in [5.74, 6) is 1.39. The molecule has 3 aromatic rings. The fourth-order valence-corrected chi connectivity index (χ4v) is 3.38. The highest BCUT2D eigenvalue weighted by atomic mass is 32.1. The van der Waals surface area contributed by atoms with Crippen LogP contribution in [0.15, 0.2) is 42.5 Å². The minimum atomic E-state index is -0.151. The van der Waals surface area contributed by atoms with Gasteiger partial charge in [0.05, 0.1) is 7.11 Å². The van der Waals surface area contributed by atoms with Gasteiger partial charge in [-0.2, -0.15) is 5.10 Å². The molecular weight excluding hydrogens is 454 g/mol. The van der Waals surface area contributed by atoms with Crippen LogP contribution in [0.4, 0.5) is 0 Å². The molecule has 10 heteroatoms. The number of carbonyl (C=O) groups is 2. The Morgan fingerprint density at radius 2 is 1.88 bits per heavy atom. The lowest BCUT2D eigenvalue weighted by atomic mass is 10.1. The summed E-state index contributed by atoms with van der Waals surface area (Å²) in [7, 11) is 4.86. The van der Waals surface area contributed by atoms with Crippen molar-refractivity contribution in [2.45, 2.75) is 26.4 Å². The van der Waals surface area contributed by atoms with Gasteiger partial charge in [0, 0.05) is 39.2 Å². The summed E-state index contributed by atoms with van der Waals surface area (Å²) < 4.78 is 13.2. The van der Waals surface area contributed by atoms with Gasteiger partial charge in [-0.05, 0) is 36.8 Å². The maximum absolute atomic E-state index is 12.5. The number of aromatic amines is 1. The fraction of sp³-hybridized carbons (Fsp3) is 0.333. The van der Waals surface area contributed by atoms with Crippen LogP contribution in [0.5, 0.6) is 11.5 Å². The Bertz CT molecular complexity index is 1200. The van der Waals surface area contributed by atoms with E-state index in [0.717, 1.165) is 16.7 Å². The van der Waals surface area contributed by atoms with Crippen molar-refractivity contribution in [3.8, 4) is 22.9 Å². The minimum Gasteiger partial charge on any atom is -0.493 e. The molecule has 0 bridgehead atoms. The second kappa shape index (κ2) is 11.5. The van der Waals surface area contributed by atoms with E-state index in [1.165, 1.54) is 12.0 Å². The maximum Gasteiger partial charge on any atom is 0.259 e. The number of aryl methyl sites for hydroxylation is 1. The average molecular weight is 484 g/mol. The van der Waals surface area contributed by atoms with Crippen LogP contribution < -0.4 is 14.8 Å². The molecule has 1 aromatic heterocycles. The van der Waals surface area contributed by atoms with E-state index in [0.29, 0.717) is 35.2 Å². The van der Waals surface area contributed by atoms with Gasteiger partial charge >= 0.3 is 0 Å². The number of nitrogens with zero attached hydrogens (tertiary/aromatic N) is 3. The van der Waals surface area contributed by atoms with E-state index in [4.69, 9.17) is 21.7 Å². The largest absolute Gasteiger partial charge is 0.493 e. The van der Waals surface area contributed by atoms with E-state index in [-0.39, 0.29) is 24.8 Å². The number of aromatic nitrogens is 3. The Hall–Kier alpha value is -3.66. The molecule has 0 spiro atoms. The van der Waals surface area contributed by atoms with Gasteiger partial charge in [-0.1, -0.05) is 35.9 Å². The highest BCUT2D eigenvalue weighted by Crippen LogP contribution is 2.28. The third kappa shape index (κ3) is 6.44. The minimum absolute atomic E-state index is 0.0828. The van der Waals surface area contributed by atoms with Gasteiger partial charge in [-0.3, -0.25) is 19.3 Å². The van der Waals surface area contributed by atoms with Crippen molar-refractivity contribution in [1.29, 1.82) is 0 Å². The number of methoxy groups -OCH3 is 1. The molecule has 2 amide bonds. The van der Waals surface area contributed by atoms with E-state index in [1.807, 2.05) is 41.8 Å². The molecule has 9 nitrogen and oxygen atoms in total. The number of hydrogen-bond acceptors (Lipinski definition) is 6. The smallest absolute Gasteiger partial charge is 0.259 e. The normalized spacial score (nSPS) is 10.6. The fourth-order valence-electron chi connectivity index (χ4n) is 3.16. The van der Waals surface area contributed by atoms with Crippen molar-refractivity contribution in [3.05, 3.63) is 58.4 Å². The molecule has 0 fully saturated rings. The molecule has 0 aliphatic heterocycles. The van der Waals surface area contributed by atoms with Gasteiger partial charge in [-0.15, -0.1) is 0 Å². The zero-order chi connectivity index (χ0) is 24.7. The van der Waals surface area contributed by atoms with Crippen molar-refractivity contribution in [2.75, 3.05) is 27.8 Å². The number of ether oxygens (including phenoxy) is 2. The highest BCUT2D eigenvalue weighted by Gasteiger charge is 2.12. The summed E-state index contributed by atoms with van der Waals surface area (Å²) >= 11 is 5.35. The third-order valence-corrected chi connectivity index (χ3v) is 5.51. The number of H-pyrrole nitrogens is 1. The van der Waals surface area contributed by atoms with Crippen molar-refractivity contribution < 1.29 is 19.1 Å². The third-order valence-electron chi connectivity index (χ3n) is 5.20. The molecule has 2 aromatic carbocycles. The Balaban J connectivity index is 1.57. The molecule has 0 atom stereocenters. The molecule has 0 aliphatic rings. The molecule has 0 aliphatic carbocycles. The average Bonchev–Trinajstić information content (AvgIpc) is 3.20. The molecule has 1 heterocycles. The molecule has 0 saturated carbocycles. The van der Waals surface area contributed by atoms with Crippen LogP contribution in [0.1, 0.15) is 17.5 Å². The quantitative estimate of drug-likeness (QED) is 0.430. The number of benzene rings is 2. The number of nitrogens with one attached hydrogen (secondary N) is 2. The lowest BCUT2D eigenvalue weighted by molar-refractivity contribution is -0.130. The van der Waals surface area contributed by atoms with Crippen molar-refractivity contribution in [3.63, 3.8) is 0 Å². The number of rotatable bonds is 10. The SMILES string of the molecule is COc1cc(CNC(=O)CCn2c(-c3ccc(C)cc3)n[nH]c2=S)ccc1OCC(=O)N(C)C. The molecule has 0 unspecified atom stereocenters. The zero-order valence-corrected chi connectivity index (χ0v) is 20.6. The standard InChI is InChI=1S/C24H29N5O4S/c1-16-5-8-18(9-6-16)23-26-27-24(34)29(23)12-11-21(30)25-14-17-7-10-19(20(13-17)32-4)33-15-22(31)28(2)3/h5-10,13H,11-12,14-15H2,1-4H3,(H,25,30)(H,27,34). The Kier molecular flexibility index (Phi) is 8.42. The van der Waals surface area contributed by atoms with Gasteiger partial charge in [0.15, 0.2) is 28.7 Å². The van der Waals surface area contributed by atoms with E-state index >= 15 is 0 Å². The topological polar surface area (TPSA) is 101 Å². The molecule has 3 rings (SSSR count). The summed E-state index contributed by atoms with van der Waals surface area (Å²) in [5, 5.41) is 10.0. The van der Waals surface area contributed by atoms with Crippen LogP contribution in [0.2, 0.25) is 0 Å². The van der Waals surface area contributed by atoms with E-state index in [1.54, 1.807) is 26.2 Å². The molecule has 34 heavy (non-hydrogen) atoms. The second-order valence-electron chi connectivity index (χ2n) is 7.96. The molecule has 0 saturated heterocycles. The van der Waals surface area contributed by atoms with Gasteiger partial charge in [0.1, 0.15) is 0 Å². The van der Waals surface area contributed by atoms with Crippen LogP contribution >= 0.6 is 12.2 Å². The lowest BCUT2D eigenvalue weighted by Crippen LogP contribution is -2.27. The predicted molar refractivity (Wildman–Crippen MR) is 131 cm³/mol. The second-order valence-corrected chi connectivity index (χ2v) is 8.35. The summed E-state index contributed by atoms with van der Waals surface area (Å²) in [5.41, 5.74) is 2.93. The first kappa shape index (κ1) is 25.0. The number of hydrogen-bond donors (Lipinski definition) is 2. The van der Waals surface area contributed by atoms with Crippen LogP contribution in [0.3, 0.4) is 0 Å². The van der Waals surface area contributed by atoms with Crippen molar-refractivity contribution in [1.82, 2.24) is 25.0 Å². The van der Waals surface area contributed by atoms with E-state index in [9.17, 15) is 9.59 Å². The Labute approximate surface area is 203 Å². The Morgan fingerprint density at radius 1 is 1.15 bits per heavy atom. The maximum atomic E-state index is 12.5. The van der Waals surface area contributed by atoms with Crippen LogP contribution in [-0.2, 0) is 22.7 Å². The van der Waals surface area contributed by atoms with Gasteiger partial charge < -0.3 is 19.7 Å². The van der Waals surface area contributed by atoms with Gasteiger partial charge in [0.2, 0.25) is 5.91 Å². The van der Waals surface area contributed by atoms with Crippen LogP contribution in [0.25, 0.3) is 11.4 Å². The molecule has 180 valence electrons. The first-order chi connectivity index (χ1) is 16.3. The highest BCUT2D eigenvalue weighted by molar-refractivity contribution is 7.71. The van der Waals surface area contributed by atoms with Crippen LogP contribution in [0, 0.1) is 11.7 Å². The van der Waals surface area contributed by atoms with E-state index < -0.39 is 0 Å². The Morgan fingerprint density at radius 3 is 2.56 bits per heavy atom. The lowest BCUT2D eigenvalue weighted by Gasteiger charge is -2.14. The number of amides is 2. The van der Waals surface area contributed by atoms with Crippen LogP contribution in [-0.4, -0.2) is 59.3 Å². The van der Waals surface area contributed by atoms with Crippen molar-refractivity contribution in [2.24, 2.45) is 0 Å². The molecule has 2 N–H and O–H groups in total.